The number of hydrogen-bond acceptors (Lipinski definition) is 8. The van der Waals surface area contributed by atoms with Gasteiger partial charge in [0.2, 0.25) is 0 Å². The van der Waals surface area contributed by atoms with Crippen molar-refractivity contribution in [3.63, 3.8) is 0 Å². The van der Waals surface area contributed by atoms with Gasteiger partial charge in [-0.15, -0.1) is 10.2 Å². The highest BCUT2D eigenvalue weighted by atomic mass is 16.6. The summed E-state index contributed by atoms with van der Waals surface area (Å²) in [6, 6.07) is 5.77. The zero-order valence-electron chi connectivity index (χ0n) is 17.1. The van der Waals surface area contributed by atoms with E-state index >= 15 is 0 Å². The zero-order valence-corrected chi connectivity index (χ0v) is 17.1. The van der Waals surface area contributed by atoms with Crippen molar-refractivity contribution in [2.24, 2.45) is 11.5 Å². The van der Waals surface area contributed by atoms with Gasteiger partial charge < -0.3 is 26.8 Å². The van der Waals surface area contributed by atoms with E-state index < -0.39 is 6.09 Å². The summed E-state index contributed by atoms with van der Waals surface area (Å²) in [6.45, 7) is 6.20. The van der Waals surface area contributed by atoms with Crippen molar-refractivity contribution in [1.29, 1.82) is 0 Å². The van der Waals surface area contributed by atoms with Gasteiger partial charge >= 0.3 is 6.09 Å². The molecule has 3 rings (SSSR count). The monoisotopic (exact) mass is 399 g/mol. The minimum absolute atomic E-state index is 0.00976. The Morgan fingerprint density at radius 2 is 1.97 bits per heavy atom. The number of carbonyl (C=O) groups is 1. The average Bonchev–Trinajstić information content (AvgIpc) is 2.66. The molecule has 0 radical (unpaired) electrons. The Morgan fingerprint density at radius 3 is 2.66 bits per heavy atom. The highest BCUT2D eigenvalue weighted by Crippen LogP contribution is 2.29. The molecular weight excluding hydrogens is 370 g/mol. The lowest BCUT2D eigenvalue weighted by atomic mass is 9.91. The van der Waals surface area contributed by atoms with Crippen LogP contribution < -0.4 is 26.8 Å². The molecule has 1 saturated carbocycles. The molecule has 6 N–H and O–H groups in total. The van der Waals surface area contributed by atoms with Gasteiger partial charge in [0, 0.05) is 23.8 Å². The summed E-state index contributed by atoms with van der Waals surface area (Å²) < 4.78 is 5.01. The third kappa shape index (κ3) is 5.32. The fraction of sp³-hybridized carbons (Fsp3) is 0.500. The van der Waals surface area contributed by atoms with Gasteiger partial charge in [0.1, 0.15) is 11.5 Å². The summed E-state index contributed by atoms with van der Waals surface area (Å²) in [5.74, 6) is 1.42. The van der Waals surface area contributed by atoms with Crippen molar-refractivity contribution in [3.05, 3.63) is 29.5 Å². The highest BCUT2D eigenvalue weighted by Gasteiger charge is 2.23. The fourth-order valence-corrected chi connectivity index (χ4v) is 3.58. The number of hydrogen-bond donors (Lipinski definition) is 4. The van der Waals surface area contributed by atoms with Crippen molar-refractivity contribution >= 4 is 23.4 Å². The predicted octanol–water partition coefficient (Wildman–Crippen LogP) is 3.19. The summed E-state index contributed by atoms with van der Waals surface area (Å²) in [5, 5.41) is 14.6. The number of ether oxygens (including phenoxy) is 1. The van der Waals surface area contributed by atoms with Crippen molar-refractivity contribution in [3.8, 4) is 5.88 Å². The molecule has 9 nitrogen and oxygen atoms in total. The van der Waals surface area contributed by atoms with E-state index in [0.717, 1.165) is 36.9 Å². The second kappa shape index (κ2) is 9.04. The summed E-state index contributed by atoms with van der Waals surface area (Å²) in [7, 11) is 0. The highest BCUT2D eigenvalue weighted by molar-refractivity contribution is 5.73. The summed E-state index contributed by atoms with van der Waals surface area (Å²) >= 11 is 0. The topological polar surface area (TPSA) is 141 Å². The number of nitrogens with one attached hydrogen (secondary N) is 2. The van der Waals surface area contributed by atoms with Crippen LogP contribution in [0, 0.1) is 6.92 Å². The summed E-state index contributed by atoms with van der Waals surface area (Å²) in [6.07, 6.45) is 3.25. The SMILES string of the molecule is Cc1ccc(Nc2cc(N[C@@H]3CCCC[C@@H]3N)nnc2OC(N)=O)nc1C(C)C. The van der Waals surface area contributed by atoms with E-state index in [2.05, 4.69) is 39.7 Å². The molecule has 1 amide bonds. The molecule has 2 aromatic heterocycles. The quantitative estimate of drug-likeness (QED) is 0.580. The van der Waals surface area contributed by atoms with Gasteiger partial charge in [0.15, 0.2) is 5.82 Å². The second-order valence-electron chi connectivity index (χ2n) is 7.75. The number of nitrogens with zero attached hydrogens (tertiary/aromatic N) is 3. The Kier molecular flexibility index (Phi) is 6.48. The minimum atomic E-state index is -0.961. The van der Waals surface area contributed by atoms with Gasteiger partial charge in [-0.2, -0.15) is 0 Å². The molecule has 0 aromatic carbocycles. The van der Waals surface area contributed by atoms with E-state index in [1.165, 1.54) is 0 Å². The first-order valence-corrected chi connectivity index (χ1v) is 9.95. The van der Waals surface area contributed by atoms with Crippen LogP contribution in [0.5, 0.6) is 5.88 Å². The number of amides is 1. The van der Waals surface area contributed by atoms with Gasteiger partial charge in [-0.05, 0) is 37.3 Å². The Balaban J connectivity index is 1.88. The minimum Gasteiger partial charge on any atom is -0.387 e. The van der Waals surface area contributed by atoms with Crippen LogP contribution in [-0.4, -0.2) is 33.4 Å². The Labute approximate surface area is 170 Å². The van der Waals surface area contributed by atoms with Crippen LogP contribution in [0.15, 0.2) is 18.2 Å². The number of primary amides is 1. The van der Waals surface area contributed by atoms with Crippen molar-refractivity contribution in [1.82, 2.24) is 15.2 Å². The number of aryl methyl sites for hydroxylation is 1. The van der Waals surface area contributed by atoms with E-state index in [-0.39, 0.29) is 23.9 Å². The third-order valence-electron chi connectivity index (χ3n) is 5.06. The molecule has 1 aliphatic rings. The van der Waals surface area contributed by atoms with Crippen LogP contribution in [-0.2, 0) is 0 Å². The lowest BCUT2D eigenvalue weighted by Gasteiger charge is -2.29. The number of rotatable bonds is 6. The first-order valence-electron chi connectivity index (χ1n) is 9.95. The van der Waals surface area contributed by atoms with Gasteiger partial charge in [-0.1, -0.05) is 32.8 Å². The summed E-state index contributed by atoms with van der Waals surface area (Å²) in [4.78, 5) is 15.9. The van der Waals surface area contributed by atoms with Crippen molar-refractivity contribution in [2.75, 3.05) is 10.6 Å². The second-order valence-corrected chi connectivity index (χ2v) is 7.75. The van der Waals surface area contributed by atoms with Gasteiger partial charge in [-0.25, -0.2) is 9.78 Å². The molecule has 2 atom stereocenters. The van der Waals surface area contributed by atoms with Crippen molar-refractivity contribution < 1.29 is 9.53 Å². The lowest BCUT2D eigenvalue weighted by molar-refractivity contribution is 0.209. The zero-order chi connectivity index (χ0) is 21.0. The number of carbonyl (C=O) groups excluding carboxylic acids is 1. The smallest absolute Gasteiger partial charge is 0.387 e. The van der Waals surface area contributed by atoms with E-state index in [0.29, 0.717) is 17.3 Å². The van der Waals surface area contributed by atoms with Crippen LogP contribution in [0.25, 0.3) is 0 Å². The van der Waals surface area contributed by atoms with Crippen LogP contribution in [0.1, 0.15) is 56.7 Å². The largest absolute Gasteiger partial charge is 0.411 e. The number of anilines is 3. The maximum absolute atomic E-state index is 11.3. The molecular formula is C20H29N7O2. The van der Waals surface area contributed by atoms with E-state index in [1.54, 1.807) is 6.07 Å². The Morgan fingerprint density at radius 1 is 1.21 bits per heavy atom. The molecule has 9 heteroatoms. The molecule has 1 fully saturated rings. The lowest BCUT2D eigenvalue weighted by Crippen LogP contribution is -2.42. The molecule has 2 aromatic rings. The molecule has 0 unspecified atom stereocenters. The Bertz CT molecular complexity index is 872. The van der Waals surface area contributed by atoms with Crippen molar-refractivity contribution in [2.45, 2.75) is 64.5 Å². The summed E-state index contributed by atoms with van der Waals surface area (Å²) in [5.41, 5.74) is 13.9. The van der Waals surface area contributed by atoms with Crippen LogP contribution in [0.2, 0.25) is 0 Å². The molecule has 0 bridgehead atoms. The van der Waals surface area contributed by atoms with Gasteiger partial charge in [0.05, 0.1) is 0 Å². The number of aromatic nitrogens is 3. The van der Waals surface area contributed by atoms with E-state index in [1.807, 2.05) is 19.1 Å². The molecule has 0 aliphatic heterocycles. The average molecular weight is 399 g/mol. The van der Waals surface area contributed by atoms with Crippen LogP contribution in [0.3, 0.4) is 0 Å². The number of pyridine rings is 1. The molecule has 2 heterocycles. The molecule has 29 heavy (non-hydrogen) atoms. The number of nitrogens with two attached hydrogens (primary N) is 2. The van der Waals surface area contributed by atoms with E-state index in [4.69, 9.17) is 16.2 Å². The first kappa shape index (κ1) is 20.8. The van der Waals surface area contributed by atoms with Gasteiger partial charge in [0.25, 0.3) is 5.88 Å². The normalized spacial score (nSPS) is 19.1. The van der Waals surface area contributed by atoms with Crippen LogP contribution >= 0.6 is 0 Å². The standard InChI is InChI=1S/C20H29N7O2/c1-11(2)18-12(3)8-9-16(25-18)24-15-10-17(26-27-19(15)29-20(22)28)23-14-7-5-4-6-13(14)21/h8-11,13-14H,4-7,21H2,1-3H3,(H2,22,28)(H2,23,24,25,26)/t13-,14+/m0/s1. The van der Waals surface area contributed by atoms with E-state index in [9.17, 15) is 4.79 Å². The van der Waals surface area contributed by atoms with Gasteiger partial charge in [-0.3, -0.25) is 0 Å². The van der Waals surface area contributed by atoms with Crippen LogP contribution in [0.4, 0.5) is 22.1 Å². The maximum Gasteiger partial charge on any atom is 0.411 e. The molecule has 156 valence electrons. The third-order valence-corrected chi connectivity index (χ3v) is 5.06. The molecule has 0 saturated heterocycles. The molecule has 0 spiro atoms. The predicted molar refractivity (Wildman–Crippen MR) is 112 cm³/mol. The molecule has 1 aliphatic carbocycles. The Hall–Kier alpha value is -2.94. The maximum atomic E-state index is 11.3. The first-order chi connectivity index (χ1) is 13.8. The fourth-order valence-electron chi connectivity index (χ4n) is 3.58.